The largest absolute Gasteiger partial charge is 0.393 e. The van der Waals surface area contributed by atoms with E-state index in [0.717, 1.165) is 18.3 Å². The van der Waals surface area contributed by atoms with Gasteiger partial charge < -0.3 is 5.11 Å². The predicted molar refractivity (Wildman–Crippen MR) is 26.8 cm³/mol. The SMILES string of the molecule is O[C@H]1CC[C@@H]2C[C@@H]21. The average molecular weight is 98.1 g/mol. The van der Waals surface area contributed by atoms with E-state index in [2.05, 4.69) is 0 Å². The molecule has 0 aromatic heterocycles. The van der Waals surface area contributed by atoms with Crippen LogP contribution in [0.25, 0.3) is 0 Å². The van der Waals surface area contributed by atoms with Crippen LogP contribution in [0.4, 0.5) is 0 Å². The Bertz CT molecular complexity index is 90.2. The molecule has 1 nitrogen and oxygen atoms in total. The maximum absolute atomic E-state index is 9.04. The maximum atomic E-state index is 9.04. The van der Waals surface area contributed by atoms with E-state index in [9.17, 15) is 0 Å². The van der Waals surface area contributed by atoms with Gasteiger partial charge in [0.25, 0.3) is 0 Å². The quantitative estimate of drug-likeness (QED) is 0.474. The zero-order chi connectivity index (χ0) is 4.85. The highest BCUT2D eigenvalue weighted by atomic mass is 16.3. The van der Waals surface area contributed by atoms with Gasteiger partial charge in [0.1, 0.15) is 0 Å². The molecule has 0 aromatic carbocycles. The molecule has 2 rings (SSSR count). The summed E-state index contributed by atoms with van der Waals surface area (Å²) in [4.78, 5) is 0. The Labute approximate surface area is 43.3 Å². The number of aliphatic hydroxyl groups excluding tert-OH is 1. The highest BCUT2D eigenvalue weighted by Gasteiger charge is 2.47. The Morgan fingerprint density at radius 1 is 1.29 bits per heavy atom. The molecule has 2 saturated carbocycles. The van der Waals surface area contributed by atoms with Crippen LogP contribution in [0.5, 0.6) is 0 Å². The van der Waals surface area contributed by atoms with Gasteiger partial charge in [-0.3, -0.25) is 0 Å². The molecule has 1 heteroatoms. The van der Waals surface area contributed by atoms with E-state index >= 15 is 0 Å². The lowest BCUT2D eigenvalue weighted by atomic mass is 10.2. The summed E-state index contributed by atoms with van der Waals surface area (Å²) in [5, 5.41) is 9.04. The standard InChI is InChI=1S/C6H10O/c7-6-2-1-4-3-5(4)6/h4-7H,1-3H2/t4-,5+,6+/m1/s1. The van der Waals surface area contributed by atoms with Crippen molar-refractivity contribution in [2.75, 3.05) is 0 Å². The summed E-state index contributed by atoms with van der Waals surface area (Å²) in [6, 6.07) is 0. The average Bonchev–Trinajstić information content (AvgIpc) is 2.33. The van der Waals surface area contributed by atoms with Crippen molar-refractivity contribution in [3.63, 3.8) is 0 Å². The van der Waals surface area contributed by atoms with Crippen molar-refractivity contribution in [3.8, 4) is 0 Å². The third kappa shape index (κ3) is 0.418. The third-order valence-electron chi connectivity index (χ3n) is 2.30. The molecule has 2 aliphatic carbocycles. The summed E-state index contributed by atoms with van der Waals surface area (Å²) in [5.74, 6) is 1.68. The predicted octanol–water partition coefficient (Wildman–Crippen LogP) is 0.777. The zero-order valence-corrected chi connectivity index (χ0v) is 4.30. The fourth-order valence-electron chi connectivity index (χ4n) is 1.67. The minimum Gasteiger partial charge on any atom is -0.393 e. The van der Waals surface area contributed by atoms with E-state index in [4.69, 9.17) is 5.11 Å². The second kappa shape index (κ2) is 1.03. The first-order chi connectivity index (χ1) is 3.38. The summed E-state index contributed by atoms with van der Waals surface area (Å²) >= 11 is 0. The van der Waals surface area contributed by atoms with Crippen LogP contribution in [0.2, 0.25) is 0 Å². The Morgan fingerprint density at radius 2 is 2.14 bits per heavy atom. The summed E-state index contributed by atoms with van der Waals surface area (Å²) in [5.41, 5.74) is 0. The number of aliphatic hydroxyl groups is 1. The van der Waals surface area contributed by atoms with Crippen molar-refractivity contribution in [1.29, 1.82) is 0 Å². The Morgan fingerprint density at radius 3 is 2.29 bits per heavy atom. The van der Waals surface area contributed by atoms with Crippen LogP contribution in [-0.4, -0.2) is 11.2 Å². The van der Waals surface area contributed by atoms with E-state index in [-0.39, 0.29) is 6.10 Å². The number of fused-ring (bicyclic) bond motifs is 1. The van der Waals surface area contributed by atoms with Gasteiger partial charge in [0.2, 0.25) is 0 Å². The van der Waals surface area contributed by atoms with Crippen LogP contribution in [-0.2, 0) is 0 Å². The first-order valence-electron chi connectivity index (χ1n) is 3.06. The van der Waals surface area contributed by atoms with Gasteiger partial charge in [-0.1, -0.05) is 0 Å². The molecular formula is C6H10O. The molecule has 7 heavy (non-hydrogen) atoms. The summed E-state index contributed by atoms with van der Waals surface area (Å²) in [7, 11) is 0. The third-order valence-corrected chi connectivity index (χ3v) is 2.30. The maximum Gasteiger partial charge on any atom is 0.0571 e. The molecule has 1 N–H and O–H groups in total. The second-order valence-corrected chi connectivity index (χ2v) is 2.80. The van der Waals surface area contributed by atoms with Gasteiger partial charge in [0.15, 0.2) is 0 Å². The van der Waals surface area contributed by atoms with Crippen molar-refractivity contribution in [3.05, 3.63) is 0 Å². The summed E-state index contributed by atoms with van der Waals surface area (Å²) in [6.45, 7) is 0. The molecular weight excluding hydrogens is 88.1 g/mol. The second-order valence-electron chi connectivity index (χ2n) is 2.80. The highest BCUT2D eigenvalue weighted by Crippen LogP contribution is 2.51. The minimum absolute atomic E-state index is 0.0880. The van der Waals surface area contributed by atoms with Crippen molar-refractivity contribution >= 4 is 0 Å². The van der Waals surface area contributed by atoms with Crippen molar-refractivity contribution in [1.82, 2.24) is 0 Å². The van der Waals surface area contributed by atoms with E-state index in [0.29, 0.717) is 0 Å². The van der Waals surface area contributed by atoms with Crippen molar-refractivity contribution < 1.29 is 5.11 Å². The molecule has 0 aromatic rings. The van der Waals surface area contributed by atoms with Crippen LogP contribution in [0.1, 0.15) is 19.3 Å². The molecule has 0 bridgehead atoms. The Hall–Kier alpha value is -0.0400. The molecule has 0 aliphatic heterocycles. The fraction of sp³-hybridized carbons (Fsp3) is 1.00. The van der Waals surface area contributed by atoms with Gasteiger partial charge in [-0.05, 0) is 31.1 Å². The Kier molecular flexibility index (Phi) is 0.571. The molecule has 0 radical (unpaired) electrons. The minimum atomic E-state index is 0.0880. The van der Waals surface area contributed by atoms with Gasteiger partial charge in [-0.2, -0.15) is 0 Å². The number of rotatable bonds is 0. The number of hydrogen-bond acceptors (Lipinski definition) is 1. The van der Waals surface area contributed by atoms with Crippen molar-refractivity contribution in [2.24, 2.45) is 11.8 Å². The van der Waals surface area contributed by atoms with Crippen LogP contribution in [0.3, 0.4) is 0 Å². The molecule has 2 fully saturated rings. The van der Waals surface area contributed by atoms with Gasteiger partial charge in [-0.15, -0.1) is 0 Å². The molecule has 2 aliphatic rings. The molecule has 0 amide bonds. The van der Waals surface area contributed by atoms with E-state index in [1.54, 1.807) is 0 Å². The van der Waals surface area contributed by atoms with Gasteiger partial charge >= 0.3 is 0 Å². The molecule has 0 spiro atoms. The Balaban J connectivity index is 2.08. The lowest BCUT2D eigenvalue weighted by Gasteiger charge is -1.97. The van der Waals surface area contributed by atoms with Crippen molar-refractivity contribution in [2.45, 2.75) is 25.4 Å². The summed E-state index contributed by atoms with van der Waals surface area (Å²) in [6.07, 6.45) is 3.78. The van der Waals surface area contributed by atoms with E-state index < -0.39 is 0 Å². The molecule has 0 heterocycles. The van der Waals surface area contributed by atoms with Crippen LogP contribution < -0.4 is 0 Å². The first-order valence-corrected chi connectivity index (χ1v) is 3.06. The molecule has 3 atom stereocenters. The normalized spacial score (nSPS) is 57.0. The lowest BCUT2D eigenvalue weighted by Crippen LogP contribution is -2.02. The van der Waals surface area contributed by atoms with E-state index in [1.165, 1.54) is 12.8 Å². The lowest BCUT2D eigenvalue weighted by molar-refractivity contribution is 0.159. The van der Waals surface area contributed by atoms with Crippen LogP contribution in [0.15, 0.2) is 0 Å². The molecule has 0 saturated heterocycles. The highest BCUT2D eigenvalue weighted by molar-refractivity contribution is 4.97. The van der Waals surface area contributed by atoms with Gasteiger partial charge in [0, 0.05) is 0 Å². The van der Waals surface area contributed by atoms with Gasteiger partial charge in [-0.25, -0.2) is 0 Å². The topological polar surface area (TPSA) is 20.2 Å². The zero-order valence-electron chi connectivity index (χ0n) is 4.30. The number of hydrogen-bond donors (Lipinski definition) is 1. The molecule has 40 valence electrons. The molecule has 0 unspecified atom stereocenters. The monoisotopic (exact) mass is 98.1 g/mol. The first kappa shape index (κ1) is 3.90. The van der Waals surface area contributed by atoms with Crippen LogP contribution >= 0.6 is 0 Å². The van der Waals surface area contributed by atoms with Crippen LogP contribution in [0, 0.1) is 11.8 Å². The smallest absolute Gasteiger partial charge is 0.0571 e. The van der Waals surface area contributed by atoms with Gasteiger partial charge in [0.05, 0.1) is 6.10 Å². The summed E-state index contributed by atoms with van der Waals surface area (Å²) < 4.78 is 0. The van der Waals surface area contributed by atoms with E-state index in [1.807, 2.05) is 0 Å². The fourth-order valence-corrected chi connectivity index (χ4v) is 1.67.